The van der Waals surface area contributed by atoms with E-state index in [1.165, 1.54) is 0 Å². The van der Waals surface area contributed by atoms with Gasteiger partial charge in [0, 0.05) is 19.3 Å². The van der Waals surface area contributed by atoms with Crippen molar-refractivity contribution in [3.05, 3.63) is 30.1 Å². The first kappa shape index (κ1) is 11.2. The second-order valence-corrected chi connectivity index (χ2v) is 4.21. The van der Waals surface area contributed by atoms with Crippen molar-refractivity contribution < 1.29 is 9.90 Å². The number of rotatable bonds is 4. The summed E-state index contributed by atoms with van der Waals surface area (Å²) in [7, 11) is 0. The SMILES string of the molecule is O=C(CN1CC[C@@H](CO)C1)c1ccccn1. The fraction of sp³-hybridized carbons (Fsp3) is 0.500. The first-order valence-corrected chi connectivity index (χ1v) is 5.57. The standard InChI is InChI=1S/C12H16N2O2/c15-9-10-4-6-14(7-10)8-12(16)11-3-1-2-5-13-11/h1-3,5,10,15H,4,6-9H2/t10-/m1/s1. The lowest BCUT2D eigenvalue weighted by Gasteiger charge is -2.13. The van der Waals surface area contributed by atoms with E-state index in [1.54, 1.807) is 18.3 Å². The third-order valence-corrected chi connectivity index (χ3v) is 2.95. The van der Waals surface area contributed by atoms with E-state index in [9.17, 15) is 4.79 Å². The molecule has 1 aliphatic heterocycles. The molecular formula is C12H16N2O2. The van der Waals surface area contributed by atoms with Crippen LogP contribution in [0.1, 0.15) is 16.9 Å². The number of carbonyl (C=O) groups excluding carboxylic acids is 1. The molecule has 16 heavy (non-hydrogen) atoms. The number of carbonyl (C=O) groups is 1. The van der Waals surface area contributed by atoms with Crippen molar-refractivity contribution in [3.63, 3.8) is 0 Å². The molecule has 0 spiro atoms. The summed E-state index contributed by atoms with van der Waals surface area (Å²) in [6.07, 6.45) is 2.61. The molecule has 1 aromatic heterocycles. The Hall–Kier alpha value is -1.26. The molecule has 4 nitrogen and oxygen atoms in total. The molecule has 86 valence electrons. The predicted molar refractivity (Wildman–Crippen MR) is 60.2 cm³/mol. The maximum Gasteiger partial charge on any atom is 0.195 e. The zero-order chi connectivity index (χ0) is 11.4. The van der Waals surface area contributed by atoms with E-state index in [4.69, 9.17) is 5.11 Å². The Balaban J connectivity index is 1.89. The van der Waals surface area contributed by atoms with Crippen LogP contribution in [0.5, 0.6) is 0 Å². The van der Waals surface area contributed by atoms with Gasteiger partial charge in [-0.1, -0.05) is 6.07 Å². The lowest BCUT2D eigenvalue weighted by atomic mass is 10.1. The van der Waals surface area contributed by atoms with Crippen LogP contribution in [0.3, 0.4) is 0 Å². The van der Waals surface area contributed by atoms with Crippen LogP contribution in [0.4, 0.5) is 0 Å². The molecule has 0 bridgehead atoms. The smallest absolute Gasteiger partial charge is 0.195 e. The van der Waals surface area contributed by atoms with Crippen molar-refractivity contribution in [3.8, 4) is 0 Å². The van der Waals surface area contributed by atoms with E-state index < -0.39 is 0 Å². The highest BCUT2D eigenvalue weighted by Gasteiger charge is 2.23. The molecule has 0 unspecified atom stereocenters. The Bertz CT molecular complexity index is 353. The van der Waals surface area contributed by atoms with Gasteiger partial charge in [-0.15, -0.1) is 0 Å². The predicted octanol–water partition coefficient (Wildman–Crippen LogP) is 0.578. The number of hydrogen-bond acceptors (Lipinski definition) is 4. The minimum Gasteiger partial charge on any atom is -0.396 e. The van der Waals surface area contributed by atoms with Gasteiger partial charge in [0.1, 0.15) is 5.69 Å². The monoisotopic (exact) mass is 220 g/mol. The van der Waals surface area contributed by atoms with Gasteiger partial charge >= 0.3 is 0 Å². The molecule has 0 amide bonds. The summed E-state index contributed by atoms with van der Waals surface area (Å²) in [6.45, 7) is 2.33. The molecule has 1 fully saturated rings. The van der Waals surface area contributed by atoms with Crippen molar-refractivity contribution >= 4 is 5.78 Å². The maximum absolute atomic E-state index is 11.8. The lowest BCUT2D eigenvalue weighted by molar-refractivity contribution is 0.0935. The van der Waals surface area contributed by atoms with Crippen LogP contribution < -0.4 is 0 Å². The van der Waals surface area contributed by atoms with E-state index in [-0.39, 0.29) is 12.4 Å². The van der Waals surface area contributed by atoms with Crippen molar-refractivity contribution in [2.75, 3.05) is 26.2 Å². The first-order valence-electron chi connectivity index (χ1n) is 5.57. The van der Waals surface area contributed by atoms with Crippen molar-refractivity contribution in [1.82, 2.24) is 9.88 Å². The molecule has 1 N–H and O–H groups in total. The van der Waals surface area contributed by atoms with Crippen LogP contribution in [-0.2, 0) is 0 Å². The third kappa shape index (κ3) is 2.65. The average Bonchev–Trinajstić information content (AvgIpc) is 2.78. The molecule has 2 heterocycles. The Labute approximate surface area is 94.9 Å². The van der Waals surface area contributed by atoms with Crippen LogP contribution in [0, 0.1) is 5.92 Å². The second kappa shape index (κ2) is 5.18. The van der Waals surface area contributed by atoms with E-state index >= 15 is 0 Å². The first-order chi connectivity index (χ1) is 7.79. The van der Waals surface area contributed by atoms with Gasteiger partial charge in [-0.2, -0.15) is 0 Å². The van der Waals surface area contributed by atoms with Gasteiger partial charge in [-0.05, 0) is 31.0 Å². The molecular weight excluding hydrogens is 204 g/mol. The number of ketones is 1. The van der Waals surface area contributed by atoms with E-state index in [0.717, 1.165) is 19.5 Å². The van der Waals surface area contributed by atoms with Gasteiger partial charge in [-0.3, -0.25) is 14.7 Å². The number of aromatic nitrogens is 1. The van der Waals surface area contributed by atoms with Crippen molar-refractivity contribution in [1.29, 1.82) is 0 Å². The minimum atomic E-state index is 0.0548. The zero-order valence-corrected chi connectivity index (χ0v) is 9.17. The molecule has 2 rings (SSSR count). The van der Waals surface area contributed by atoms with Gasteiger partial charge < -0.3 is 5.11 Å². The summed E-state index contributed by atoms with van der Waals surface area (Å²) in [6, 6.07) is 5.36. The normalized spacial score (nSPS) is 21.2. The topological polar surface area (TPSA) is 53.4 Å². The second-order valence-electron chi connectivity index (χ2n) is 4.21. The van der Waals surface area contributed by atoms with Crippen molar-refractivity contribution in [2.45, 2.75) is 6.42 Å². The van der Waals surface area contributed by atoms with Gasteiger partial charge in [0.2, 0.25) is 0 Å². The van der Waals surface area contributed by atoms with Crippen molar-refractivity contribution in [2.24, 2.45) is 5.92 Å². The van der Waals surface area contributed by atoms with E-state index in [1.807, 2.05) is 6.07 Å². The molecule has 0 saturated carbocycles. The summed E-state index contributed by atoms with van der Waals surface area (Å²) >= 11 is 0. The average molecular weight is 220 g/mol. The molecule has 0 aliphatic carbocycles. The highest BCUT2D eigenvalue weighted by Crippen LogP contribution is 2.15. The Kier molecular flexibility index (Phi) is 3.64. The molecule has 0 aromatic carbocycles. The summed E-state index contributed by atoms with van der Waals surface area (Å²) in [5, 5.41) is 9.01. The van der Waals surface area contributed by atoms with E-state index in [2.05, 4.69) is 9.88 Å². The highest BCUT2D eigenvalue weighted by molar-refractivity contribution is 5.95. The highest BCUT2D eigenvalue weighted by atomic mass is 16.3. The van der Waals surface area contributed by atoms with Crippen LogP contribution in [0.15, 0.2) is 24.4 Å². The summed E-state index contributed by atoms with van der Waals surface area (Å²) < 4.78 is 0. The van der Waals surface area contributed by atoms with Crippen LogP contribution in [-0.4, -0.2) is 47.0 Å². The van der Waals surface area contributed by atoms with E-state index in [0.29, 0.717) is 18.2 Å². The quantitative estimate of drug-likeness (QED) is 0.754. The number of pyridine rings is 1. The zero-order valence-electron chi connectivity index (χ0n) is 9.17. The fourth-order valence-corrected chi connectivity index (χ4v) is 2.02. The Morgan fingerprint density at radius 2 is 2.44 bits per heavy atom. The third-order valence-electron chi connectivity index (χ3n) is 2.95. The number of aliphatic hydroxyl groups is 1. The number of likely N-dealkylation sites (tertiary alicyclic amines) is 1. The largest absolute Gasteiger partial charge is 0.396 e. The molecule has 0 radical (unpaired) electrons. The fourth-order valence-electron chi connectivity index (χ4n) is 2.02. The summed E-state index contributed by atoms with van der Waals surface area (Å²) in [4.78, 5) is 17.9. The minimum absolute atomic E-state index is 0.0548. The molecule has 1 aliphatic rings. The Morgan fingerprint density at radius 1 is 1.56 bits per heavy atom. The van der Waals surface area contributed by atoms with Crippen LogP contribution in [0.2, 0.25) is 0 Å². The van der Waals surface area contributed by atoms with Gasteiger partial charge in [0.05, 0.1) is 6.54 Å². The Morgan fingerprint density at radius 3 is 3.06 bits per heavy atom. The number of Topliss-reactive ketones (excluding diaryl/α,β-unsaturated/α-hetero) is 1. The molecule has 1 aromatic rings. The van der Waals surface area contributed by atoms with Crippen LogP contribution >= 0.6 is 0 Å². The van der Waals surface area contributed by atoms with Crippen LogP contribution in [0.25, 0.3) is 0 Å². The van der Waals surface area contributed by atoms with Gasteiger partial charge in [-0.25, -0.2) is 0 Å². The van der Waals surface area contributed by atoms with Gasteiger partial charge in [0.25, 0.3) is 0 Å². The lowest BCUT2D eigenvalue weighted by Crippen LogP contribution is -2.28. The number of hydrogen-bond donors (Lipinski definition) is 1. The number of aliphatic hydroxyl groups excluding tert-OH is 1. The summed E-state index contributed by atoms with van der Waals surface area (Å²) in [5.74, 6) is 0.385. The molecule has 1 atom stereocenters. The van der Waals surface area contributed by atoms with Gasteiger partial charge in [0.15, 0.2) is 5.78 Å². The molecule has 4 heteroatoms. The molecule has 1 saturated heterocycles. The summed E-state index contributed by atoms with van der Waals surface area (Å²) in [5.41, 5.74) is 0.523. The maximum atomic E-state index is 11.8. The number of nitrogens with zero attached hydrogens (tertiary/aromatic N) is 2.